The summed E-state index contributed by atoms with van der Waals surface area (Å²) < 4.78 is 0. The molecule has 3 heteroatoms. The normalized spacial score (nSPS) is 26.3. The minimum atomic E-state index is 0.294. The molecule has 1 aliphatic rings. The van der Waals surface area contributed by atoms with E-state index in [2.05, 4.69) is 31.1 Å². The summed E-state index contributed by atoms with van der Waals surface area (Å²) in [6.45, 7) is 0. The molecule has 1 saturated carbocycles. The highest BCUT2D eigenvalue weighted by atomic mass is 35.5. The van der Waals surface area contributed by atoms with Crippen LogP contribution in [0.3, 0.4) is 0 Å². The molecule has 1 aromatic rings. The number of rotatable bonds is 3. The van der Waals surface area contributed by atoms with Crippen LogP contribution >= 0.6 is 11.6 Å². The molecule has 0 spiro atoms. The molecule has 2 N–H and O–H groups in total. The molecule has 3 atom stereocenters. The predicted octanol–water partition coefficient (Wildman–Crippen LogP) is 3.46. The maximum atomic E-state index is 6.36. The molecule has 0 amide bonds. The summed E-state index contributed by atoms with van der Waals surface area (Å²) >= 11 is 6.36. The number of halogens is 1. The maximum Gasteiger partial charge on any atom is 0.0453 e. The maximum absolute atomic E-state index is 6.36. The second kappa shape index (κ2) is 6.05. The van der Waals surface area contributed by atoms with E-state index in [1.54, 1.807) is 0 Å². The Balaban J connectivity index is 2.31. The van der Waals surface area contributed by atoms with Gasteiger partial charge >= 0.3 is 0 Å². The van der Waals surface area contributed by atoms with Crippen molar-refractivity contribution in [3.8, 4) is 0 Å². The monoisotopic (exact) mass is 266 g/mol. The summed E-state index contributed by atoms with van der Waals surface area (Å²) in [6, 6.07) is 8.78. The average molecular weight is 267 g/mol. The molecule has 0 aliphatic heterocycles. The van der Waals surface area contributed by atoms with Crippen molar-refractivity contribution >= 4 is 11.6 Å². The third-order valence-corrected chi connectivity index (χ3v) is 4.40. The van der Waals surface area contributed by atoms with Crippen molar-refractivity contribution in [3.63, 3.8) is 0 Å². The van der Waals surface area contributed by atoms with Gasteiger partial charge in [-0.15, -0.1) is 0 Å². The van der Waals surface area contributed by atoms with Crippen LogP contribution in [-0.4, -0.2) is 25.0 Å². The molecule has 1 fully saturated rings. The lowest BCUT2D eigenvalue weighted by Crippen LogP contribution is -2.41. The lowest BCUT2D eigenvalue weighted by Gasteiger charge is -2.39. The molecule has 2 nitrogen and oxygen atoms in total. The minimum Gasteiger partial charge on any atom is -0.327 e. The van der Waals surface area contributed by atoms with Gasteiger partial charge < -0.3 is 10.6 Å². The van der Waals surface area contributed by atoms with E-state index >= 15 is 0 Å². The smallest absolute Gasteiger partial charge is 0.0453 e. The predicted molar refractivity (Wildman–Crippen MR) is 77.8 cm³/mol. The van der Waals surface area contributed by atoms with Crippen molar-refractivity contribution in [1.29, 1.82) is 0 Å². The molecule has 0 radical (unpaired) electrons. The quantitative estimate of drug-likeness (QED) is 0.908. The average Bonchev–Trinajstić information content (AvgIpc) is 2.34. The lowest BCUT2D eigenvalue weighted by molar-refractivity contribution is 0.151. The zero-order chi connectivity index (χ0) is 13.1. The standard InChI is InChI=1S/C15H23ClN2/c1-18(2)15(11-7-3-5-9-13(11)16)12-8-4-6-10-14(12)17/h3,5,7,9,12,14-15H,4,6,8,10,17H2,1-2H3/t12-,14-,15-/m1/s1. The second-order valence-electron chi connectivity index (χ2n) is 5.54. The summed E-state index contributed by atoms with van der Waals surface area (Å²) in [4.78, 5) is 2.26. The molecular weight excluding hydrogens is 244 g/mol. The van der Waals surface area contributed by atoms with E-state index in [-0.39, 0.29) is 0 Å². The molecule has 0 aromatic heterocycles. The van der Waals surface area contributed by atoms with Crippen LogP contribution in [0.5, 0.6) is 0 Å². The van der Waals surface area contributed by atoms with Crippen LogP contribution in [-0.2, 0) is 0 Å². The van der Waals surface area contributed by atoms with Crippen molar-refractivity contribution in [2.45, 2.75) is 37.8 Å². The molecular formula is C15H23ClN2. The minimum absolute atomic E-state index is 0.294. The molecule has 1 aromatic carbocycles. The Morgan fingerprint density at radius 1 is 1.22 bits per heavy atom. The van der Waals surface area contributed by atoms with Gasteiger partial charge in [0.1, 0.15) is 0 Å². The van der Waals surface area contributed by atoms with E-state index in [1.807, 2.05) is 12.1 Å². The van der Waals surface area contributed by atoms with E-state index in [0.717, 1.165) is 11.4 Å². The summed E-state index contributed by atoms with van der Waals surface area (Å²) in [6.07, 6.45) is 4.89. The van der Waals surface area contributed by atoms with Gasteiger partial charge in [0.15, 0.2) is 0 Å². The zero-order valence-electron chi connectivity index (χ0n) is 11.3. The van der Waals surface area contributed by atoms with Crippen molar-refractivity contribution in [1.82, 2.24) is 4.90 Å². The summed E-state index contributed by atoms with van der Waals surface area (Å²) in [5, 5.41) is 0.856. The Hall–Kier alpha value is -0.570. The van der Waals surface area contributed by atoms with Gasteiger partial charge in [-0.3, -0.25) is 0 Å². The van der Waals surface area contributed by atoms with Crippen LogP contribution in [0.15, 0.2) is 24.3 Å². The Kier molecular flexibility index (Phi) is 4.66. The van der Waals surface area contributed by atoms with Gasteiger partial charge in [-0.1, -0.05) is 42.6 Å². The van der Waals surface area contributed by atoms with E-state index in [0.29, 0.717) is 18.0 Å². The topological polar surface area (TPSA) is 29.3 Å². The molecule has 0 heterocycles. The molecule has 100 valence electrons. The Morgan fingerprint density at radius 2 is 1.89 bits per heavy atom. The number of benzene rings is 1. The first-order chi connectivity index (χ1) is 8.61. The molecule has 1 aliphatic carbocycles. The molecule has 18 heavy (non-hydrogen) atoms. The third-order valence-electron chi connectivity index (χ3n) is 4.06. The van der Waals surface area contributed by atoms with Crippen LogP contribution in [0.25, 0.3) is 0 Å². The van der Waals surface area contributed by atoms with Gasteiger partial charge in [-0.25, -0.2) is 0 Å². The summed E-state index contributed by atoms with van der Waals surface area (Å²) in [7, 11) is 4.24. The lowest BCUT2D eigenvalue weighted by atomic mass is 9.77. The number of hydrogen-bond donors (Lipinski definition) is 1. The first-order valence-corrected chi connectivity index (χ1v) is 7.15. The van der Waals surface area contributed by atoms with Gasteiger partial charge in [0.25, 0.3) is 0 Å². The Labute approximate surface area is 115 Å². The fraction of sp³-hybridized carbons (Fsp3) is 0.600. The van der Waals surface area contributed by atoms with Crippen LogP contribution in [0.4, 0.5) is 0 Å². The number of nitrogens with two attached hydrogens (primary N) is 1. The van der Waals surface area contributed by atoms with E-state index in [9.17, 15) is 0 Å². The zero-order valence-corrected chi connectivity index (χ0v) is 12.0. The Morgan fingerprint density at radius 3 is 2.50 bits per heavy atom. The van der Waals surface area contributed by atoms with Gasteiger partial charge in [0.2, 0.25) is 0 Å². The highest BCUT2D eigenvalue weighted by Crippen LogP contribution is 2.39. The van der Waals surface area contributed by atoms with Gasteiger partial charge in [-0.05, 0) is 44.5 Å². The highest BCUT2D eigenvalue weighted by molar-refractivity contribution is 6.31. The highest BCUT2D eigenvalue weighted by Gasteiger charge is 2.32. The van der Waals surface area contributed by atoms with Crippen molar-refractivity contribution < 1.29 is 0 Å². The van der Waals surface area contributed by atoms with E-state index in [4.69, 9.17) is 17.3 Å². The second-order valence-corrected chi connectivity index (χ2v) is 5.95. The first kappa shape index (κ1) is 13.9. The van der Waals surface area contributed by atoms with E-state index < -0.39 is 0 Å². The molecule has 0 unspecified atom stereocenters. The molecule has 0 bridgehead atoms. The fourth-order valence-corrected chi connectivity index (χ4v) is 3.43. The van der Waals surface area contributed by atoms with Crippen LogP contribution in [0.2, 0.25) is 5.02 Å². The Bertz CT molecular complexity index is 392. The SMILES string of the molecule is CN(C)[C@H](c1ccccc1Cl)[C@@H]1CCCC[C@H]1N. The third kappa shape index (κ3) is 2.87. The van der Waals surface area contributed by atoms with Crippen LogP contribution in [0, 0.1) is 5.92 Å². The first-order valence-electron chi connectivity index (χ1n) is 6.77. The van der Waals surface area contributed by atoms with Crippen molar-refractivity contribution in [3.05, 3.63) is 34.9 Å². The van der Waals surface area contributed by atoms with Crippen molar-refractivity contribution in [2.75, 3.05) is 14.1 Å². The van der Waals surface area contributed by atoms with Gasteiger partial charge in [0.05, 0.1) is 0 Å². The van der Waals surface area contributed by atoms with Gasteiger partial charge in [0, 0.05) is 17.1 Å². The molecule has 0 saturated heterocycles. The van der Waals surface area contributed by atoms with Crippen molar-refractivity contribution in [2.24, 2.45) is 11.7 Å². The molecule has 2 rings (SSSR count). The summed E-state index contributed by atoms with van der Waals surface area (Å²) in [5.74, 6) is 0.508. The van der Waals surface area contributed by atoms with E-state index in [1.165, 1.54) is 24.8 Å². The van der Waals surface area contributed by atoms with Crippen LogP contribution < -0.4 is 5.73 Å². The number of nitrogens with zero attached hydrogens (tertiary/aromatic N) is 1. The largest absolute Gasteiger partial charge is 0.327 e. The van der Waals surface area contributed by atoms with Crippen LogP contribution in [0.1, 0.15) is 37.3 Å². The number of hydrogen-bond acceptors (Lipinski definition) is 2. The van der Waals surface area contributed by atoms with Gasteiger partial charge in [-0.2, -0.15) is 0 Å². The summed E-state index contributed by atoms with van der Waals surface area (Å²) in [5.41, 5.74) is 7.55. The fourth-order valence-electron chi connectivity index (χ4n) is 3.19.